The minimum absolute atomic E-state index is 0.510. The first-order chi connectivity index (χ1) is 6.81. The van der Waals surface area contributed by atoms with E-state index in [2.05, 4.69) is 0 Å². The molecular formula is C10H10O2S2. The molecule has 0 bridgehead atoms. The standard InChI is InChI=1S/C10H10O2S2/c1-12-9-5-4-8(14-9)10(11)7-3-2-6-13-7/h2-6,10-11H,1H3. The van der Waals surface area contributed by atoms with E-state index in [-0.39, 0.29) is 0 Å². The summed E-state index contributed by atoms with van der Waals surface area (Å²) < 4.78 is 5.07. The van der Waals surface area contributed by atoms with Gasteiger partial charge < -0.3 is 9.84 Å². The molecular weight excluding hydrogens is 216 g/mol. The molecule has 1 atom stereocenters. The highest BCUT2D eigenvalue weighted by Gasteiger charge is 2.13. The van der Waals surface area contributed by atoms with Crippen LogP contribution < -0.4 is 4.74 Å². The van der Waals surface area contributed by atoms with Crippen LogP contribution in [0.5, 0.6) is 5.06 Å². The van der Waals surface area contributed by atoms with Crippen LogP contribution in [0.1, 0.15) is 15.9 Å². The summed E-state index contributed by atoms with van der Waals surface area (Å²) in [5.74, 6) is 0. The number of methoxy groups -OCH3 is 1. The van der Waals surface area contributed by atoms with Crippen molar-refractivity contribution in [2.24, 2.45) is 0 Å². The zero-order valence-electron chi connectivity index (χ0n) is 7.64. The van der Waals surface area contributed by atoms with Gasteiger partial charge in [-0.15, -0.1) is 22.7 Å². The summed E-state index contributed by atoms with van der Waals surface area (Å²) in [5, 5.41) is 12.7. The molecule has 2 heterocycles. The molecule has 14 heavy (non-hydrogen) atoms. The van der Waals surface area contributed by atoms with Gasteiger partial charge in [-0.2, -0.15) is 0 Å². The van der Waals surface area contributed by atoms with Gasteiger partial charge in [0.15, 0.2) is 5.06 Å². The van der Waals surface area contributed by atoms with Crippen LogP contribution in [-0.4, -0.2) is 12.2 Å². The van der Waals surface area contributed by atoms with E-state index in [4.69, 9.17) is 4.74 Å². The van der Waals surface area contributed by atoms with Crippen molar-refractivity contribution in [2.75, 3.05) is 7.11 Å². The van der Waals surface area contributed by atoms with Crippen molar-refractivity contribution in [3.05, 3.63) is 39.4 Å². The Kier molecular flexibility index (Phi) is 2.86. The molecule has 0 saturated heterocycles. The third-order valence-corrected chi connectivity index (χ3v) is 3.91. The van der Waals surface area contributed by atoms with Gasteiger partial charge in [0, 0.05) is 9.75 Å². The summed E-state index contributed by atoms with van der Waals surface area (Å²) in [5.41, 5.74) is 0. The third kappa shape index (κ3) is 1.82. The Labute approximate surface area is 90.4 Å². The van der Waals surface area contributed by atoms with Gasteiger partial charge in [0.25, 0.3) is 0 Å². The molecule has 0 aromatic carbocycles. The molecule has 0 saturated carbocycles. The fourth-order valence-electron chi connectivity index (χ4n) is 1.18. The van der Waals surface area contributed by atoms with Gasteiger partial charge in [-0.1, -0.05) is 6.07 Å². The molecule has 2 nitrogen and oxygen atoms in total. The first-order valence-electron chi connectivity index (χ1n) is 4.16. The van der Waals surface area contributed by atoms with Gasteiger partial charge in [0.2, 0.25) is 0 Å². The highest BCUT2D eigenvalue weighted by Crippen LogP contribution is 2.33. The van der Waals surface area contributed by atoms with E-state index in [1.807, 2.05) is 29.6 Å². The maximum Gasteiger partial charge on any atom is 0.173 e. The maximum atomic E-state index is 9.95. The number of hydrogen-bond donors (Lipinski definition) is 1. The van der Waals surface area contributed by atoms with Crippen molar-refractivity contribution < 1.29 is 9.84 Å². The zero-order valence-corrected chi connectivity index (χ0v) is 9.27. The van der Waals surface area contributed by atoms with Gasteiger partial charge in [-0.3, -0.25) is 0 Å². The average molecular weight is 226 g/mol. The lowest BCUT2D eigenvalue weighted by molar-refractivity contribution is 0.228. The fraction of sp³-hybridized carbons (Fsp3) is 0.200. The van der Waals surface area contributed by atoms with Gasteiger partial charge in [0.1, 0.15) is 6.10 Å². The van der Waals surface area contributed by atoms with Crippen LogP contribution in [-0.2, 0) is 0 Å². The van der Waals surface area contributed by atoms with Crippen molar-refractivity contribution in [1.82, 2.24) is 0 Å². The van der Waals surface area contributed by atoms with E-state index < -0.39 is 6.10 Å². The quantitative estimate of drug-likeness (QED) is 0.872. The molecule has 0 aliphatic carbocycles. The normalized spacial score (nSPS) is 12.7. The average Bonchev–Trinajstić information content (AvgIpc) is 2.88. The third-order valence-electron chi connectivity index (χ3n) is 1.89. The number of rotatable bonds is 3. The molecule has 2 aromatic heterocycles. The van der Waals surface area contributed by atoms with Crippen molar-refractivity contribution in [3.8, 4) is 5.06 Å². The maximum absolute atomic E-state index is 9.95. The zero-order chi connectivity index (χ0) is 9.97. The number of thiophene rings is 2. The second-order valence-electron chi connectivity index (χ2n) is 2.78. The van der Waals surface area contributed by atoms with Crippen LogP contribution in [0, 0.1) is 0 Å². The van der Waals surface area contributed by atoms with Gasteiger partial charge in [-0.05, 0) is 23.6 Å². The smallest absolute Gasteiger partial charge is 0.173 e. The Morgan fingerprint density at radius 3 is 2.71 bits per heavy atom. The summed E-state index contributed by atoms with van der Waals surface area (Å²) in [7, 11) is 1.63. The highest BCUT2D eigenvalue weighted by atomic mass is 32.1. The fourth-order valence-corrected chi connectivity index (χ4v) is 2.81. The SMILES string of the molecule is COc1ccc(C(O)c2cccs2)s1. The highest BCUT2D eigenvalue weighted by molar-refractivity contribution is 7.14. The summed E-state index contributed by atoms with van der Waals surface area (Å²) in [4.78, 5) is 1.89. The monoisotopic (exact) mass is 226 g/mol. The van der Waals surface area contributed by atoms with E-state index in [0.29, 0.717) is 0 Å². The Morgan fingerprint density at radius 1 is 1.29 bits per heavy atom. The van der Waals surface area contributed by atoms with Crippen molar-refractivity contribution >= 4 is 22.7 Å². The van der Waals surface area contributed by atoms with Crippen molar-refractivity contribution in [2.45, 2.75) is 6.10 Å². The van der Waals surface area contributed by atoms with E-state index in [9.17, 15) is 5.11 Å². The van der Waals surface area contributed by atoms with Crippen LogP contribution in [0.15, 0.2) is 29.6 Å². The lowest BCUT2D eigenvalue weighted by Gasteiger charge is -2.04. The van der Waals surface area contributed by atoms with Crippen LogP contribution in [0.25, 0.3) is 0 Å². The second-order valence-corrected chi connectivity index (χ2v) is 4.84. The van der Waals surface area contributed by atoms with Crippen LogP contribution >= 0.6 is 22.7 Å². The number of aliphatic hydroxyl groups excluding tert-OH is 1. The molecule has 1 unspecified atom stereocenters. The predicted molar refractivity (Wildman–Crippen MR) is 59.3 cm³/mol. The summed E-state index contributed by atoms with van der Waals surface area (Å²) in [6.07, 6.45) is -0.510. The van der Waals surface area contributed by atoms with Gasteiger partial charge in [0.05, 0.1) is 7.11 Å². The van der Waals surface area contributed by atoms with E-state index >= 15 is 0 Å². The van der Waals surface area contributed by atoms with E-state index in [0.717, 1.165) is 14.8 Å². The molecule has 0 amide bonds. The Morgan fingerprint density at radius 2 is 2.14 bits per heavy atom. The van der Waals surface area contributed by atoms with E-state index in [1.54, 1.807) is 18.4 Å². The lowest BCUT2D eigenvalue weighted by Crippen LogP contribution is -1.92. The molecule has 2 rings (SSSR count). The number of aliphatic hydroxyl groups is 1. The predicted octanol–water partition coefficient (Wildman–Crippen LogP) is 2.90. The van der Waals surface area contributed by atoms with Crippen LogP contribution in [0.3, 0.4) is 0 Å². The number of hydrogen-bond acceptors (Lipinski definition) is 4. The molecule has 0 fully saturated rings. The Hall–Kier alpha value is -0.840. The summed E-state index contributed by atoms with van der Waals surface area (Å²) in [6.45, 7) is 0. The lowest BCUT2D eigenvalue weighted by atomic mass is 10.2. The van der Waals surface area contributed by atoms with Crippen molar-refractivity contribution in [1.29, 1.82) is 0 Å². The largest absolute Gasteiger partial charge is 0.487 e. The van der Waals surface area contributed by atoms with Gasteiger partial charge >= 0.3 is 0 Å². The first-order valence-corrected chi connectivity index (χ1v) is 5.86. The topological polar surface area (TPSA) is 29.5 Å². The molecule has 0 spiro atoms. The minimum atomic E-state index is -0.510. The number of ether oxygens (including phenoxy) is 1. The Bertz CT molecular complexity index is 392. The van der Waals surface area contributed by atoms with Crippen LogP contribution in [0.2, 0.25) is 0 Å². The molecule has 0 radical (unpaired) electrons. The molecule has 0 aliphatic heterocycles. The summed E-state index contributed by atoms with van der Waals surface area (Å²) in [6, 6.07) is 7.64. The van der Waals surface area contributed by atoms with Gasteiger partial charge in [-0.25, -0.2) is 0 Å². The molecule has 2 aromatic rings. The molecule has 1 N–H and O–H groups in total. The minimum Gasteiger partial charge on any atom is -0.487 e. The summed E-state index contributed by atoms with van der Waals surface area (Å²) >= 11 is 3.03. The molecule has 0 aliphatic rings. The van der Waals surface area contributed by atoms with Crippen LogP contribution in [0.4, 0.5) is 0 Å². The van der Waals surface area contributed by atoms with Crippen molar-refractivity contribution in [3.63, 3.8) is 0 Å². The molecule has 4 heteroatoms. The van der Waals surface area contributed by atoms with E-state index in [1.165, 1.54) is 11.3 Å². The second kappa shape index (κ2) is 4.13. The Balaban J connectivity index is 2.23. The first kappa shape index (κ1) is 9.71. The molecule has 74 valence electrons.